The third-order valence-electron chi connectivity index (χ3n) is 3.93. The highest BCUT2D eigenvalue weighted by atomic mass is 19.3. The van der Waals surface area contributed by atoms with Gasteiger partial charge in [-0.2, -0.15) is 0 Å². The molecule has 0 bridgehead atoms. The summed E-state index contributed by atoms with van der Waals surface area (Å²) in [5.41, 5.74) is 2.09. The number of carbonyl (C=O) groups is 1. The van der Waals surface area contributed by atoms with Crippen molar-refractivity contribution in [3.8, 4) is 5.75 Å². The van der Waals surface area contributed by atoms with Crippen LogP contribution in [0.4, 0.5) is 8.78 Å². The van der Waals surface area contributed by atoms with Gasteiger partial charge in [0, 0.05) is 26.7 Å². The van der Waals surface area contributed by atoms with E-state index in [0.29, 0.717) is 24.2 Å². The maximum absolute atomic E-state index is 13.2. The zero-order valence-corrected chi connectivity index (χ0v) is 12.6. The number of carbonyl (C=O) groups excluding carboxylic acids is 1. The van der Waals surface area contributed by atoms with Gasteiger partial charge in [0.2, 0.25) is 5.79 Å². The van der Waals surface area contributed by atoms with Crippen LogP contribution in [0.2, 0.25) is 0 Å². The summed E-state index contributed by atoms with van der Waals surface area (Å²) in [5, 5.41) is 0. The van der Waals surface area contributed by atoms with Crippen LogP contribution in [0, 0.1) is 0 Å². The van der Waals surface area contributed by atoms with Gasteiger partial charge in [0.1, 0.15) is 11.3 Å². The molecule has 0 spiro atoms. The molecule has 118 valence electrons. The second-order valence-corrected chi connectivity index (χ2v) is 6.28. The molecular weight excluding hydrogens is 290 g/mol. The van der Waals surface area contributed by atoms with Gasteiger partial charge in [-0.15, -0.1) is 0 Å². The van der Waals surface area contributed by atoms with Crippen molar-refractivity contribution in [1.82, 2.24) is 0 Å². The molecule has 1 aliphatic carbocycles. The Bertz CT molecular complexity index is 647. The number of alkyl halides is 2. The van der Waals surface area contributed by atoms with Crippen LogP contribution in [0.15, 0.2) is 29.8 Å². The third kappa shape index (κ3) is 2.98. The number of halogens is 2. The SMILES string of the molecule is CC1(C)OC(=O)c2c(CC3=CCC(F)(F)CC3)cccc2O1. The highest BCUT2D eigenvalue weighted by molar-refractivity contribution is 5.95. The molecule has 1 aliphatic heterocycles. The van der Waals surface area contributed by atoms with E-state index in [1.54, 1.807) is 32.1 Å². The number of ether oxygens (including phenoxy) is 2. The molecule has 3 rings (SSSR count). The van der Waals surface area contributed by atoms with Crippen LogP contribution < -0.4 is 4.74 Å². The molecule has 0 radical (unpaired) electrons. The Balaban J connectivity index is 1.88. The van der Waals surface area contributed by atoms with E-state index in [1.165, 1.54) is 0 Å². The summed E-state index contributed by atoms with van der Waals surface area (Å²) >= 11 is 0. The lowest BCUT2D eigenvalue weighted by Gasteiger charge is -2.32. The highest BCUT2D eigenvalue weighted by Crippen LogP contribution is 2.37. The first kappa shape index (κ1) is 15.0. The van der Waals surface area contributed by atoms with Gasteiger partial charge in [0.05, 0.1) is 0 Å². The summed E-state index contributed by atoms with van der Waals surface area (Å²) in [5.74, 6) is -3.54. The lowest BCUT2D eigenvalue weighted by Crippen LogP contribution is -2.39. The Morgan fingerprint density at radius 3 is 2.68 bits per heavy atom. The van der Waals surface area contributed by atoms with E-state index in [-0.39, 0.29) is 12.8 Å². The Morgan fingerprint density at radius 1 is 1.23 bits per heavy atom. The predicted molar refractivity (Wildman–Crippen MR) is 77.1 cm³/mol. The summed E-state index contributed by atoms with van der Waals surface area (Å²) in [6.07, 6.45) is 2.03. The van der Waals surface area contributed by atoms with Crippen LogP contribution in [0.5, 0.6) is 5.75 Å². The Morgan fingerprint density at radius 2 is 2.00 bits per heavy atom. The van der Waals surface area contributed by atoms with E-state index in [4.69, 9.17) is 9.47 Å². The molecule has 1 aromatic rings. The zero-order valence-electron chi connectivity index (χ0n) is 12.6. The number of cyclic esters (lactones) is 1. The van der Waals surface area contributed by atoms with Crippen molar-refractivity contribution < 1.29 is 23.0 Å². The molecular formula is C17H18F2O3. The number of fused-ring (bicyclic) bond motifs is 1. The predicted octanol–water partition coefficient (Wildman–Crippen LogP) is 4.26. The summed E-state index contributed by atoms with van der Waals surface area (Å²) < 4.78 is 37.3. The average molecular weight is 308 g/mol. The first-order chi connectivity index (χ1) is 10.3. The minimum Gasteiger partial charge on any atom is -0.452 e. The van der Waals surface area contributed by atoms with E-state index in [2.05, 4.69) is 0 Å². The second-order valence-electron chi connectivity index (χ2n) is 6.28. The minimum atomic E-state index is -2.61. The molecule has 0 saturated carbocycles. The molecule has 22 heavy (non-hydrogen) atoms. The van der Waals surface area contributed by atoms with Crippen molar-refractivity contribution in [3.63, 3.8) is 0 Å². The molecule has 1 aromatic carbocycles. The van der Waals surface area contributed by atoms with Crippen molar-refractivity contribution in [2.24, 2.45) is 0 Å². The zero-order chi connectivity index (χ0) is 16.0. The van der Waals surface area contributed by atoms with Crippen LogP contribution in [0.1, 0.15) is 49.0 Å². The standard InChI is InChI=1S/C17H18F2O3/c1-16(2)21-13-5-3-4-12(14(13)15(20)22-16)10-11-6-8-17(18,19)9-7-11/h3-6H,7-10H2,1-2H3. The number of hydrogen-bond donors (Lipinski definition) is 0. The average Bonchev–Trinajstić information content (AvgIpc) is 2.39. The van der Waals surface area contributed by atoms with Crippen LogP contribution >= 0.6 is 0 Å². The van der Waals surface area contributed by atoms with E-state index in [1.807, 2.05) is 6.07 Å². The van der Waals surface area contributed by atoms with Gasteiger partial charge >= 0.3 is 5.97 Å². The fourth-order valence-corrected chi connectivity index (χ4v) is 2.85. The number of allylic oxidation sites excluding steroid dienone is 2. The van der Waals surface area contributed by atoms with Crippen LogP contribution in [-0.2, 0) is 11.2 Å². The fourth-order valence-electron chi connectivity index (χ4n) is 2.85. The molecule has 0 fully saturated rings. The lowest BCUT2D eigenvalue weighted by molar-refractivity contribution is -0.127. The molecule has 0 N–H and O–H groups in total. The third-order valence-corrected chi connectivity index (χ3v) is 3.93. The van der Waals surface area contributed by atoms with E-state index < -0.39 is 17.7 Å². The number of hydrogen-bond acceptors (Lipinski definition) is 3. The molecule has 0 atom stereocenters. The van der Waals surface area contributed by atoms with E-state index in [9.17, 15) is 13.6 Å². The highest BCUT2D eigenvalue weighted by Gasteiger charge is 2.36. The van der Waals surface area contributed by atoms with Gasteiger partial charge in [-0.25, -0.2) is 13.6 Å². The summed E-state index contributed by atoms with van der Waals surface area (Å²) in [4.78, 5) is 12.2. The van der Waals surface area contributed by atoms with E-state index in [0.717, 1.165) is 11.1 Å². The summed E-state index contributed by atoms with van der Waals surface area (Å²) in [6.45, 7) is 3.35. The molecule has 0 saturated heterocycles. The smallest absolute Gasteiger partial charge is 0.345 e. The molecule has 0 unspecified atom stereocenters. The van der Waals surface area contributed by atoms with Crippen LogP contribution in [-0.4, -0.2) is 17.7 Å². The number of rotatable bonds is 2. The minimum absolute atomic E-state index is 0.137. The molecule has 0 aromatic heterocycles. The number of esters is 1. The van der Waals surface area contributed by atoms with Crippen molar-refractivity contribution >= 4 is 5.97 Å². The van der Waals surface area contributed by atoms with Gasteiger partial charge in [-0.3, -0.25) is 0 Å². The van der Waals surface area contributed by atoms with Gasteiger partial charge < -0.3 is 9.47 Å². The molecule has 2 aliphatic rings. The topological polar surface area (TPSA) is 35.5 Å². The van der Waals surface area contributed by atoms with Crippen molar-refractivity contribution in [2.45, 2.75) is 51.2 Å². The summed E-state index contributed by atoms with van der Waals surface area (Å²) in [7, 11) is 0. The molecule has 3 nitrogen and oxygen atoms in total. The summed E-state index contributed by atoms with van der Waals surface area (Å²) in [6, 6.07) is 5.35. The quantitative estimate of drug-likeness (QED) is 0.605. The van der Waals surface area contributed by atoms with Gasteiger partial charge in [0.15, 0.2) is 0 Å². The van der Waals surface area contributed by atoms with Crippen molar-refractivity contribution in [2.75, 3.05) is 0 Å². The monoisotopic (exact) mass is 308 g/mol. The molecule has 5 heteroatoms. The Labute approximate surface area is 127 Å². The maximum atomic E-state index is 13.2. The van der Waals surface area contributed by atoms with Crippen LogP contribution in [0.25, 0.3) is 0 Å². The number of benzene rings is 1. The second kappa shape index (κ2) is 5.07. The van der Waals surface area contributed by atoms with Crippen LogP contribution in [0.3, 0.4) is 0 Å². The molecule has 0 amide bonds. The van der Waals surface area contributed by atoms with Gasteiger partial charge in [-0.05, 0) is 24.5 Å². The lowest BCUT2D eigenvalue weighted by atomic mass is 9.90. The normalized spacial score (nSPS) is 22.2. The Hall–Kier alpha value is -1.91. The Kier molecular flexibility index (Phi) is 3.46. The maximum Gasteiger partial charge on any atom is 0.345 e. The largest absolute Gasteiger partial charge is 0.452 e. The van der Waals surface area contributed by atoms with Gasteiger partial charge in [-0.1, -0.05) is 23.8 Å². The fraction of sp³-hybridized carbons (Fsp3) is 0.471. The van der Waals surface area contributed by atoms with Crippen molar-refractivity contribution in [3.05, 3.63) is 41.0 Å². The first-order valence-corrected chi connectivity index (χ1v) is 7.36. The van der Waals surface area contributed by atoms with Crippen molar-refractivity contribution in [1.29, 1.82) is 0 Å². The van der Waals surface area contributed by atoms with E-state index >= 15 is 0 Å². The first-order valence-electron chi connectivity index (χ1n) is 7.36. The van der Waals surface area contributed by atoms with Gasteiger partial charge in [0.25, 0.3) is 5.92 Å². The molecule has 1 heterocycles.